The molecule has 1 amide bonds. The predicted molar refractivity (Wildman–Crippen MR) is 120 cm³/mol. The lowest BCUT2D eigenvalue weighted by Crippen LogP contribution is -2.32. The standard InChI is InChI=1S/C23H20FN3O4S/c1-2-30-19-7-3-4-8-20(19)31-14-16-12-15(9-10-18(16)24)13-26-23(29)27-22(28)17-6-5-11-25-21(17)32-27/h3-12H,2,13-14H2,1H3,(H,26,29). The minimum Gasteiger partial charge on any atom is -0.490 e. The summed E-state index contributed by atoms with van der Waals surface area (Å²) in [5.74, 6) is 0.688. The molecule has 2 aromatic carbocycles. The average Bonchev–Trinajstić information content (AvgIpc) is 3.15. The fourth-order valence-electron chi connectivity index (χ4n) is 3.10. The zero-order valence-corrected chi connectivity index (χ0v) is 18.0. The molecular formula is C23H20FN3O4S. The van der Waals surface area contributed by atoms with E-state index in [1.165, 1.54) is 6.07 Å². The Balaban J connectivity index is 1.44. The van der Waals surface area contributed by atoms with Gasteiger partial charge in [0.05, 0.1) is 12.0 Å². The number of fused-ring (bicyclic) bond motifs is 1. The van der Waals surface area contributed by atoms with Crippen molar-refractivity contribution in [2.45, 2.75) is 20.1 Å². The van der Waals surface area contributed by atoms with E-state index in [-0.39, 0.29) is 13.2 Å². The summed E-state index contributed by atoms with van der Waals surface area (Å²) >= 11 is 0.973. The van der Waals surface area contributed by atoms with E-state index in [0.717, 1.165) is 15.5 Å². The smallest absolute Gasteiger partial charge is 0.338 e. The highest BCUT2D eigenvalue weighted by atomic mass is 32.1. The zero-order valence-electron chi connectivity index (χ0n) is 17.2. The molecule has 0 atom stereocenters. The average molecular weight is 453 g/mol. The summed E-state index contributed by atoms with van der Waals surface area (Å²) in [7, 11) is 0. The van der Waals surface area contributed by atoms with Gasteiger partial charge in [-0.3, -0.25) is 4.79 Å². The fraction of sp³-hybridized carbons (Fsp3) is 0.174. The molecule has 0 bridgehead atoms. The van der Waals surface area contributed by atoms with Crippen LogP contribution < -0.4 is 20.3 Å². The van der Waals surface area contributed by atoms with E-state index >= 15 is 0 Å². The summed E-state index contributed by atoms with van der Waals surface area (Å²) in [5, 5.41) is 3.08. The molecule has 32 heavy (non-hydrogen) atoms. The molecule has 164 valence electrons. The molecule has 7 nitrogen and oxygen atoms in total. The van der Waals surface area contributed by atoms with E-state index < -0.39 is 17.4 Å². The minimum absolute atomic E-state index is 0.000844. The van der Waals surface area contributed by atoms with Gasteiger partial charge in [-0.05, 0) is 60.4 Å². The van der Waals surface area contributed by atoms with E-state index in [1.807, 2.05) is 19.1 Å². The minimum atomic E-state index is -0.564. The summed E-state index contributed by atoms with van der Waals surface area (Å²) in [4.78, 5) is 29.5. The number of benzene rings is 2. The van der Waals surface area contributed by atoms with Gasteiger partial charge in [-0.1, -0.05) is 18.2 Å². The van der Waals surface area contributed by atoms with Gasteiger partial charge in [-0.2, -0.15) is 3.96 Å². The summed E-state index contributed by atoms with van der Waals surface area (Å²) < 4.78 is 26.6. The Morgan fingerprint density at radius 2 is 1.91 bits per heavy atom. The number of halogens is 1. The molecule has 4 aromatic rings. The molecule has 0 radical (unpaired) electrons. The Hall–Kier alpha value is -3.72. The normalized spacial score (nSPS) is 10.8. The van der Waals surface area contributed by atoms with Gasteiger partial charge in [0.15, 0.2) is 11.5 Å². The van der Waals surface area contributed by atoms with Gasteiger partial charge in [-0.15, -0.1) is 0 Å². The summed E-state index contributed by atoms with van der Waals surface area (Å²) in [6.07, 6.45) is 1.56. The number of carbonyl (C=O) groups is 1. The number of para-hydroxylation sites is 2. The largest absolute Gasteiger partial charge is 0.490 e. The number of hydrogen-bond acceptors (Lipinski definition) is 6. The van der Waals surface area contributed by atoms with E-state index in [2.05, 4.69) is 10.3 Å². The van der Waals surface area contributed by atoms with Crippen molar-refractivity contribution in [3.63, 3.8) is 0 Å². The molecule has 9 heteroatoms. The topological polar surface area (TPSA) is 82.4 Å². The van der Waals surface area contributed by atoms with Crippen molar-refractivity contribution in [1.29, 1.82) is 0 Å². The highest BCUT2D eigenvalue weighted by Crippen LogP contribution is 2.27. The molecule has 0 saturated carbocycles. The molecule has 0 aliphatic heterocycles. The van der Waals surface area contributed by atoms with Crippen LogP contribution in [0.1, 0.15) is 18.1 Å². The van der Waals surface area contributed by atoms with Crippen LogP contribution in [0, 0.1) is 5.82 Å². The van der Waals surface area contributed by atoms with E-state index in [4.69, 9.17) is 9.47 Å². The highest BCUT2D eigenvalue weighted by Gasteiger charge is 2.14. The van der Waals surface area contributed by atoms with E-state index in [9.17, 15) is 14.0 Å². The first-order valence-corrected chi connectivity index (χ1v) is 10.7. The van der Waals surface area contributed by atoms with Gasteiger partial charge in [-0.25, -0.2) is 14.2 Å². The zero-order chi connectivity index (χ0) is 22.5. The lowest BCUT2D eigenvalue weighted by atomic mass is 10.1. The molecule has 0 fully saturated rings. The monoisotopic (exact) mass is 453 g/mol. The molecular weight excluding hydrogens is 433 g/mol. The van der Waals surface area contributed by atoms with Gasteiger partial charge < -0.3 is 14.8 Å². The molecule has 2 aromatic heterocycles. The van der Waals surface area contributed by atoms with Gasteiger partial charge in [0.25, 0.3) is 5.56 Å². The second kappa shape index (κ2) is 9.61. The van der Waals surface area contributed by atoms with E-state index in [0.29, 0.717) is 39.4 Å². The van der Waals surface area contributed by atoms with Crippen molar-refractivity contribution in [1.82, 2.24) is 14.3 Å². The Bertz CT molecular complexity index is 1320. The van der Waals surface area contributed by atoms with Gasteiger partial charge in [0.1, 0.15) is 17.3 Å². The Labute approximate surface area is 187 Å². The summed E-state index contributed by atoms with van der Waals surface area (Å²) in [6.45, 7) is 2.48. The third kappa shape index (κ3) is 4.62. The molecule has 4 rings (SSSR count). The number of carbonyl (C=O) groups excluding carboxylic acids is 1. The SMILES string of the molecule is CCOc1ccccc1OCc1cc(CNC(=O)n2sc3ncccc3c2=O)ccc1F. The predicted octanol–water partition coefficient (Wildman–Crippen LogP) is 4.33. The number of amides is 1. The van der Waals surface area contributed by atoms with Crippen molar-refractivity contribution >= 4 is 27.8 Å². The maximum Gasteiger partial charge on any atom is 0.338 e. The van der Waals surface area contributed by atoms with Crippen LogP contribution in [0.25, 0.3) is 10.2 Å². The number of nitrogens with one attached hydrogen (secondary N) is 1. The fourth-order valence-corrected chi connectivity index (χ4v) is 3.96. The lowest BCUT2D eigenvalue weighted by Gasteiger charge is -2.13. The molecule has 1 N–H and O–H groups in total. The number of nitrogens with zero attached hydrogens (tertiary/aromatic N) is 2. The number of hydrogen-bond donors (Lipinski definition) is 1. The molecule has 0 unspecified atom stereocenters. The van der Waals surface area contributed by atoms with Crippen molar-refractivity contribution in [3.05, 3.63) is 88.1 Å². The second-order valence-corrected chi connectivity index (χ2v) is 7.73. The first-order chi connectivity index (χ1) is 15.6. The number of rotatable bonds is 7. The maximum absolute atomic E-state index is 14.3. The first-order valence-electron chi connectivity index (χ1n) is 9.94. The Kier molecular flexibility index (Phi) is 6.46. The van der Waals surface area contributed by atoms with Crippen molar-refractivity contribution in [2.24, 2.45) is 0 Å². The molecule has 0 aliphatic rings. The van der Waals surface area contributed by atoms with Crippen LogP contribution in [-0.4, -0.2) is 21.6 Å². The van der Waals surface area contributed by atoms with Crippen LogP contribution >= 0.6 is 11.5 Å². The summed E-state index contributed by atoms with van der Waals surface area (Å²) in [6, 6.07) is 14.4. The number of pyridine rings is 1. The number of ether oxygens (including phenoxy) is 2. The molecule has 0 saturated heterocycles. The Morgan fingerprint density at radius 1 is 1.12 bits per heavy atom. The van der Waals surface area contributed by atoms with E-state index in [1.54, 1.807) is 42.6 Å². The first kappa shape index (κ1) is 21.5. The van der Waals surface area contributed by atoms with Gasteiger partial charge in [0, 0.05) is 18.3 Å². The highest BCUT2D eigenvalue weighted by molar-refractivity contribution is 7.14. The lowest BCUT2D eigenvalue weighted by molar-refractivity contribution is 0.243. The van der Waals surface area contributed by atoms with Crippen LogP contribution in [0.5, 0.6) is 11.5 Å². The molecule has 0 aliphatic carbocycles. The summed E-state index contributed by atoms with van der Waals surface area (Å²) in [5.41, 5.74) is 0.590. The molecule has 2 heterocycles. The van der Waals surface area contributed by atoms with Crippen LogP contribution in [0.2, 0.25) is 0 Å². The van der Waals surface area contributed by atoms with Crippen molar-refractivity contribution in [3.8, 4) is 11.5 Å². The Morgan fingerprint density at radius 3 is 2.66 bits per heavy atom. The second-order valence-electron chi connectivity index (χ2n) is 6.80. The van der Waals surface area contributed by atoms with Gasteiger partial charge in [0.2, 0.25) is 0 Å². The van der Waals surface area contributed by atoms with Crippen LogP contribution in [0.3, 0.4) is 0 Å². The quantitative estimate of drug-likeness (QED) is 0.450. The van der Waals surface area contributed by atoms with Crippen molar-refractivity contribution in [2.75, 3.05) is 6.61 Å². The third-order valence-electron chi connectivity index (χ3n) is 4.63. The van der Waals surface area contributed by atoms with Crippen LogP contribution in [0.15, 0.2) is 65.6 Å². The van der Waals surface area contributed by atoms with Gasteiger partial charge >= 0.3 is 6.03 Å². The van der Waals surface area contributed by atoms with Crippen molar-refractivity contribution < 1.29 is 18.7 Å². The van der Waals surface area contributed by atoms with Crippen LogP contribution in [-0.2, 0) is 13.2 Å². The van der Waals surface area contributed by atoms with Crippen LogP contribution in [0.4, 0.5) is 9.18 Å². The third-order valence-corrected chi connectivity index (χ3v) is 5.65. The molecule has 0 spiro atoms. The number of aromatic nitrogens is 2. The maximum atomic E-state index is 14.3.